The lowest BCUT2D eigenvalue weighted by Gasteiger charge is -2.34. The van der Waals surface area contributed by atoms with Crippen LogP contribution in [0.1, 0.15) is 101 Å². The summed E-state index contributed by atoms with van der Waals surface area (Å²) < 4.78 is 17.8. The smallest absolute Gasteiger partial charge is 0.328 e. The van der Waals surface area contributed by atoms with Gasteiger partial charge in [0.05, 0.1) is 20.1 Å². The van der Waals surface area contributed by atoms with Crippen LogP contribution in [0.3, 0.4) is 0 Å². The van der Waals surface area contributed by atoms with Gasteiger partial charge in [-0.15, -0.1) is 0 Å². The normalized spacial score (nSPS) is 12.4. The molecule has 232 valence electrons. The third kappa shape index (κ3) is 8.01. The summed E-state index contributed by atoms with van der Waals surface area (Å²) in [5.41, 5.74) is 2.46. The van der Waals surface area contributed by atoms with Crippen molar-refractivity contribution < 1.29 is 33.4 Å². The Morgan fingerprint density at radius 2 is 1.64 bits per heavy atom. The molecule has 0 fully saturated rings. The summed E-state index contributed by atoms with van der Waals surface area (Å²) in [4.78, 5) is 50.5. The van der Waals surface area contributed by atoms with Gasteiger partial charge in [0, 0.05) is 23.1 Å². The van der Waals surface area contributed by atoms with Crippen LogP contribution in [0.15, 0.2) is 30.3 Å². The highest BCUT2D eigenvalue weighted by atomic mass is 16.5. The maximum Gasteiger partial charge on any atom is 0.328 e. The molecule has 2 rings (SSSR count). The minimum Gasteiger partial charge on any atom is -0.486 e. The third-order valence-corrected chi connectivity index (χ3v) is 7.78. The molecule has 1 atom stereocenters. The predicted octanol–water partition coefficient (Wildman–Crippen LogP) is 5.53. The fourth-order valence-corrected chi connectivity index (χ4v) is 5.07. The number of Topliss-reactive ketones (excluding diaryl/α,β-unsaturated/α-hetero) is 1. The minimum absolute atomic E-state index is 0.0104. The molecular weight excluding hydrogens is 536 g/mol. The van der Waals surface area contributed by atoms with Gasteiger partial charge in [-0.05, 0) is 62.4 Å². The van der Waals surface area contributed by atoms with Crippen molar-refractivity contribution in [2.75, 3.05) is 20.3 Å². The van der Waals surface area contributed by atoms with Gasteiger partial charge in [-0.3, -0.25) is 14.4 Å². The van der Waals surface area contributed by atoms with Gasteiger partial charge < -0.3 is 24.1 Å². The van der Waals surface area contributed by atoms with Crippen LogP contribution < -0.4 is 10.1 Å². The molecule has 2 aromatic rings. The van der Waals surface area contributed by atoms with E-state index in [0.717, 1.165) is 29.7 Å². The van der Waals surface area contributed by atoms with Gasteiger partial charge in [0.1, 0.15) is 24.1 Å². The van der Waals surface area contributed by atoms with E-state index < -0.39 is 34.7 Å². The maximum atomic E-state index is 13.5. The highest BCUT2D eigenvalue weighted by Crippen LogP contribution is 2.41. The van der Waals surface area contributed by atoms with E-state index >= 15 is 0 Å². The molecule has 0 saturated heterocycles. The summed E-state index contributed by atoms with van der Waals surface area (Å²) in [7, 11) is 1.21. The molecule has 0 saturated carbocycles. The number of carbonyl (C=O) groups is 4. The van der Waals surface area contributed by atoms with Gasteiger partial charge in [0.25, 0.3) is 5.91 Å². The zero-order valence-corrected chi connectivity index (χ0v) is 26.7. The number of ketones is 1. The van der Waals surface area contributed by atoms with Crippen LogP contribution in [0.5, 0.6) is 5.75 Å². The Bertz CT molecular complexity index is 1250. The summed E-state index contributed by atoms with van der Waals surface area (Å²) in [6, 6.07) is 8.56. The molecule has 1 unspecified atom stereocenters. The van der Waals surface area contributed by atoms with Gasteiger partial charge in [0.15, 0.2) is 5.78 Å². The van der Waals surface area contributed by atoms with Gasteiger partial charge in [-0.2, -0.15) is 0 Å². The second-order valence-electron chi connectivity index (χ2n) is 11.6. The van der Waals surface area contributed by atoms with Crippen LogP contribution >= 0.6 is 0 Å². The number of nitrogens with one attached hydrogen (secondary N) is 1. The number of carbonyl (C=O) groups excluding carboxylic acids is 4. The lowest BCUT2D eigenvalue weighted by molar-refractivity contribution is -0.150. The Hall–Kier alpha value is -3.62. The Kier molecular flexibility index (Phi) is 12.4. The number of amides is 1. The molecule has 1 N–H and O–H groups in total. The predicted molar refractivity (Wildman–Crippen MR) is 162 cm³/mol. The molecule has 1 heterocycles. The number of aromatic nitrogens is 1. The van der Waals surface area contributed by atoms with Crippen molar-refractivity contribution in [1.82, 2.24) is 9.88 Å². The molecule has 9 nitrogen and oxygen atoms in total. The second-order valence-corrected chi connectivity index (χ2v) is 11.6. The van der Waals surface area contributed by atoms with Gasteiger partial charge >= 0.3 is 11.9 Å². The van der Waals surface area contributed by atoms with Gasteiger partial charge in [0.2, 0.25) is 0 Å². The molecule has 0 bridgehead atoms. The average Bonchev–Trinajstić information content (AvgIpc) is 3.39. The number of esters is 2. The van der Waals surface area contributed by atoms with E-state index in [4.69, 9.17) is 14.2 Å². The Balaban J connectivity index is 2.42. The lowest BCUT2D eigenvalue weighted by Crippen LogP contribution is -2.44. The maximum absolute atomic E-state index is 13.5. The van der Waals surface area contributed by atoms with Crippen molar-refractivity contribution in [2.45, 2.75) is 99.1 Å². The largest absolute Gasteiger partial charge is 0.486 e. The van der Waals surface area contributed by atoms with Crippen LogP contribution in [0.25, 0.3) is 0 Å². The average molecular weight is 585 g/mol. The first-order valence-corrected chi connectivity index (χ1v) is 14.8. The molecule has 1 aromatic heterocycles. The number of benzene rings is 1. The van der Waals surface area contributed by atoms with Gasteiger partial charge in [-0.25, -0.2) is 4.79 Å². The second kappa shape index (κ2) is 15.0. The molecule has 1 amide bonds. The van der Waals surface area contributed by atoms with Gasteiger partial charge in [-0.1, -0.05) is 53.7 Å². The van der Waals surface area contributed by atoms with E-state index in [9.17, 15) is 19.2 Å². The van der Waals surface area contributed by atoms with Crippen LogP contribution in [0.4, 0.5) is 0 Å². The van der Waals surface area contributed by atoms with E-state index in [1.807, 2.05) is 64.3 Å². The molecule has 9 heteroatoms. The van der Waals surface area contributed by atoms with Crippen molar-refractivity contribution in [3.05, 3.63) is 52.8 Å². The number of rotatable bonds is 15. The third-order valence-electron chi connectivity index (χ3n) is 7.78. The van der Waals surface area contributed by atoms with Crippen LogP contribution in [0.2, 0.25) is 0 Å². The van der Waals surface area contributed by atoms with Crippen LogP contribution in [-0.2, 0) is 35.8 Å². The molecule has 0 aliphatic rings. The molecule has 0 aliphatic carbocycles. The molecule has 1 aromatic carbocycles. The van der Waals surface area contributed by atoms with E-state index in [-0.39, 0.29) is 25.4 Å². The molecule has 0 spiro atoms. The standard InChI is InChI=1S/C33H48N2O7/c1-10-18-41-29(37)20-24(31(39)40-9)34-30(38)25-15-17-27(35(25)13-4)33(11-2,12-3)23-14-16-26(22(5)19-23)42-21-28(36)32(6,7)8/h14-17,19,24H,10-13,18,20-21H2,1-9H3,(H,34,38). The number of nitrogens with zero attached hydrogens (tertiary/aromatic N) is 1. The van der Waals surface area contributed by atoms with Crippen molar-refractivity contribution in [1.29, 1.82) is 0 Å². The monoisotopic (exact) mass is 584 g/mol. The summed E-state index contributed by atoms with van der Waals surface area (Å²) in [5, 5.41) is 2.68. The van der Waals surface area contributed by atoms with Crippen molar-refractivity contribution in [2.24, 2.45) is 5.41 Å². The highest BCUT2D eigenvalue weighted by molar-refractivity contribution is 5.96. The molecule has 0 aliphatic heterocycles. The fraction of sp³-hybridized carbons (Fsp3) is 0.576. The van der Waals surface area contributed by atoms with E-state index in [1.165, 1.54) is 7.11 Å². The van der Waals surface area contributed by atoms with Crippen LogP contribution in [-0.4, -0.2) is 54.6 Å². The summed E-state index contributed by atoms with van der Waals surface area (Å²) in [5.74, 6) is -1.09. The van der Waals surface area contributed by atoms with E-state index in [1.54, 1.807) is 6.07 Å². The fourth-order valence-electron chi connectivity index (χ4n) is 5.07. The SMILES string of the molecule is CCCOC(=O)CC(NC(=O)c1ccc(C(CC)(CC)c2ccc(OCC(=O)C(C)(C)C)c(C)c2)n1CC)C(=O)OC. The summed E-state index contributed by atoms with van der Waals surface area (Å²) >= 11 is 0. The number of ether oxygens (including phenoxy) is 3. The highest BCUT2D eigenvalue weighted by Gasteiger charge is 2.36. The van der Waals surface area contributed by atoms with Crippen LogP contribution in [0, 0.1) is 12.3 Å². The van der Waals surface area contributed by atoms with E-state index in [0.29, 0.717) is 24.4 Å². The van der Waals surface area contributed by atoms with Crippen molar-refractivity contribution in [3.8, 4) is 5.75 Å². The first-order valence-electron chi connectivity index (χ1n) is 14.8. The zero-order valence-electron chi connectivity index (χ0n) is 26.7. The zero-order chi connectivity index (χ0) is 31.7. The first-order chi connectivity index (χ1) is 19.8. The molecular formula is C33H48N2O7. The number of methoxy groups -OCH3 is 1. The number of aryl methyl sites for hydroxylation is 1. The number of hydrogen-bond donors (Lipinski definition) is 1. The Labute approximate surface area is 250 Å². The lowest BCUT2D eigenvalue weighted by atomic mass is 9.72. The van der Waals surface area contributed by atoms with E-state index in [2.05, 4.69) is 25.2 Å². The summed E-state index contributed by atoms with van der Waals surface area (Å²) in [6.07, 6.45) is 1.87. The minimum atomic E-state index is -1.17. The van der Waals surface area contributed by atoms with Crippen molar-refractivity contribution >= 4 is 23.6 Å². The van der Waals surface area contributed by atoms with Crippen molar-refractivity contribution in [3.63, 3.8) is 0 Å². The molecule has 42 heavy (non-hydrogen) atoms. The Morgan fingerprint density at radius 1 is 0.976 bits per heavy atom. The quantitative estimate of drug-likeness (QED) is 0.274. The summed E-state index contributed by atoms with van der Waals surface area (Å²) in [6.45, 7) is 16.4. The Morgan fingerprint density at radius 3 is 2.17 bits per heavy atom. The topological polar surface area (TPSA) is 113 Å². The number of hydrogen-bond acceptors (Lipinski definition) is 7. The molecule has 0 radical (unpaired) electrons. The first kappa shape index (κ1) is 34.6.